The molecule has 0 radical (unpaired) electrons. The zero-order valence-electron chi connectivity index (χ0n) is 12.8. The van der Waals surface area contributed by atoms with Gasteiger partial charge in [-0.05, 0) is 35.3 Å². The predicted octanol–water partition coefficient (Wildman–Crippen LogP) is 5.22. The van der Waals surface area contributed by atoms with Gasteiger partial charge < -0.3 is 0 Å². The summed E-state index contributed by atoms with van der Waals surface area (Å²) in [5, 5.41) is 6.65. The maximum Gasteiger partial charge on any atom is 0.417 e. The summed E-state index contributed by atoms with van der Waals surface area (Å²) in [4.78, 5) is 0. The third kappa shape index (κ3) is 2.33. The summed E-state index contributed by atoms with van der Waals surface area (Å²) in [6, 6.07) is 0. The van der Waals surface area contributed by atoms with Crippen LogP contribution in [0.4, 0.5) is 35.1 Å². The molecule has 0 amide bonds. The summed E-state index contributed by atoms with van der Waals surface area (Å²) < 4.78 is 114. The summed E-state index contributed by atoms with van der Waals surface area (Å²) in [5.41, 5.74) is -6.27. The SMILES string of the molecule is Cc1c(-c2c(F)c(F)c(F)c(F)c2F)c(C(F)(F)F)c(C)c2nonc12. The molecular weight excluding hydrogens is 376 g/mol. The lowest BCUT2D eigenvalue weighted by molar-refractivity contribution is -0.137. The number of nitrogens with zero attached hydrogens (tertiary/aromatic N) is 2. The van der Waals surface area contributed by atoms with E-state index >= 15 is 0 Å². The standard InChI is InChI=1S/C15H6F8N2O/c1-3-5(6-8(16)10(18)12(20)11(19)9(6)17)7(15(21,22)23)4(2)14-13(3)24-26-25-14/h1-2H3. The van der Waals surface area contributed by atoms with Crippen LogP contribution < -0.4 is 0 Å². The Labute approximate surface area is 139 Å². The van der Waals surface area contributed by atoms with E-state index < -0.39 is 63.1 Å². The molecule has 3 nitrogen and oxygen atoms in total. The number of rotatable bonds is 1. The monoisotopic (exact) mass is 382 g/mol. The van der Waals surface area contributed by atoms with Gasteiger partial charge in [-0.1, -0.05) is 0 Å². The quantitative estimate of drug-likeness (QED) is 0.329. The average Bonchev–Trinajstić information content (AvgIpc) is 3.05. The summed E-state index contributed by atoms with van der Waals surface area (Å²) in [6.07, 6.45) is -5.18. The fourth-order valence-corrected chi connectivity index (χ4v) is 2.78. The zero-order valence-corrected chi connectivity index (χ0v) is 12.8. The van der Waals surface area contributed by atoms with E-state index in [0.717, 1.165) is 13.8 Å². The summed E-state index contributed by atoms with van der Waals surface area (Å²) in [6.45, 7) is 1.90. The van der Waals surface area contributed by atoms with Crippen LogP contribution in [0.1, 0.15) is 16.7 Å². The van der Waals surface area contributed by atoms with E-state index in [-0.39, 0.29) is 11.0 Å². The highest BCUT2D eigenvalue weighted by molar-refractivity contribution is 5.91. The first-order valence-corrected chi connectivity index (χ1v) is 6.82. The van der Waals surface area contributed by atoms with Crippen molar-refractivity contribution in [3.05, 3.63) is 45.8 Å². The van der Waals surface area contributed by atoms with Crippen LogP contribution in [-0.2, 0) is 6.18 Å². The summed E-state index contributed by atoms with van der Waals surface area (Å²) in [5.74, 6) is -12.0. The molecule has 1 heterocycles. The number of hydrogen-bond donors (Lipinski definition) is 0. The molecule has 11 heteroatoms. The number of alkyl halides is 3. The molecule has 2 aromatic carbocycles. The van der Waals surface area contributed by atoms with Gasteiger partial charge in [0, 0.05) is 5.56 Å². The Morgan fingerprint density at radius 2 is 1.08 bits per heavy atom. The van der Waals surface area contributed by atoms with Crippen molar-refractivity contribution in [2.75, 3.05) is 0 Å². The van der Waals surface area contributed by atoms with E-state index in [0.29, 0.717) is 0 Å². The van der Waals surface area contributed by atoms with Gasteiger partial charge in [-0.15, -0.1) is 0 Å². The molecule has 0 unspecified atom stereocenters. The van der Waals surface area contributed by atoms with Crippen molar-refractivity contribution in [3.63, 3.8) is 0 Å². The minimum atomic E-state index is -5.18. The summed E-state index contributed by atoms with van der Waals surface area (Å²) in [7, 11) is 0. The molecule has 0 N–H and O–H groups in total. The molecule has 26 heavy (non-hydrogen) atoms. The van der Waals surface area contributed by atoms with Gasteiger partial charge in [0.05, 0.1) is 11.1 Å². The van der Waals surface area contributed by atoms with Crippen LogP contribution in [0.3, 0.4) is 0 Å². The van der Waals surface area contributed by atoms with Crippen LogP contribution in [-0.4, -0.2) is 10.3 Å². The Morgan fingerprint density at radius 3 is 1.54 bits per heavy atom. The average molecular weight is 382 g/mol. The van der Waals surface area contributed by atoms with E-state index in [9.17, 15) is 35.1 Å². The summed E-state index contributed by atoms with van der Waals surface area (Å²) >= 11 is 0. The van der Waals surface area contributed by atoms with E-state index in [1.165, 1.54) is 0 Å². The van der Waals surface area contributed by atoms with Gasteiger partial charge in [-0.2, -0.15) is 13.2 Å². The van der Waals surface area contributed by atoms with Gasteiger partial charge in [0.2, 0.25) is 5.82 Å². The van der Waals surface area contributed by atoms with Crippen molar-refractivity contribution in [3.8, 4) is 11.1 Å². The second kappa shape index (κ2) is 5.64. The Kier molecular flexibility index (Phi) is 3.93. The highest BCUT2D eigenvalue weighted by atomic mass is 19.4. The molecule has 3 rings (SSSR count). The fourth-order valence-electron chi connectivity index (χ4n) is 2.78. The van der Waals surface area contributed by atoms with Crippen molar-refractivity contribution in [1.29, 1.82) is 0 Å². The Balaban J connectivity index is 2.61. The number of benzene rings is 2. The lowest BCUT2D eigenvalue weighted by atomic mass is 9.89. The second-order valence-corrected chi connectivity index (χ2v) is 5.40. The third-order valence-corrected chi connectivity index (χ3v) is 3.94. The van der Waals surface area contributed by atoms with Crippen LogP contribution in [0.2, 0.25) is 0 Å². The molecule has 0 aliphatic rings. The van der Waals surface area contributed by atoms with Crippen molar-refractivity contribution >= 4 is 11.0 Å². The number of fused-ring (bicyclic) bond motifs is 1. The lowest BCUT2D eigenvalue weighted by Gasteiger charge is -2.19. The highest BCUT2D eigenvalue weighted by Gasteiger charge is 2.41. The second-order valence-electron chi connectivity index (χ2n) is 5.40. The van der Waals surface area contributed by atoms with Crippen molar-refractivity contribution < 1.29 is 39.8 Å². The molecule has 0 bridgehead atoms. The van der Waals surface area contributed by atoms with Crippen molar-refractivity contribution in [2.45, 2.75) is 20.0 Å². The molecule has 0 saturated heterocycles. The van der Waals surface area contributed by atoms with Gasteiger partial charge in [0.25, 0.3) is 0 Å². The molecule has 0 spiro atoms. The third-order valence-electron chi connectivity index (χ3n) is 3.94. The topological polar surface area (TPSA) is 38.9 Å². The maximum absolute atomic E-state index is 14.1. The van der Waals surface area contributed by atoms with Crippen molar-refractivity contribution in [2.24, 2.45) is 0 Å². The predicted molar refractivity (Wildman–Crippen MR) is 71.5 cm³/mol. The molecule has 0 saturated carbocycles. The molecular formula is C15H6F8N2O. The molecule has 0 aliphatic heterocycles. The van der Waals surface area contributed by atoms with E-state index in [2.05, 4.69) is 14.9 Å². The minimum absolute atomic E-state index is 0.297. The Bertz CT molecular complexity index is 1030. The van der Waals surface area contributed by atoms with Gasteiger partial charge in [-0.25, -0.2) is 26.6 Å². The maximum atomic E-state index is 14.1. The van der Waals surface area contributed by atoms with Gasteiger partial charge in [-0.3, -0.25) is 0 Å². The molecule has 138 valence electrons. The first-order chi connectivity index (χ1) is 12.0. The Hall–Kier alpha value is -2.72. The van der Waals surface area contributed by atoms with Crippen LogP contribution >= 0.6 is 0 Å². The van der Waals surface area contributed by atoms with Crippen LogP contribution in [0.5, 0.6) is 0 Å². The molecule has 3 aromatic rings. The van der Waals surface area contributed by atoms with Crippen LogP contribution in [0, 0.1) is 42.9 Å². The fraction of sp³-hybridized carbons (Fsp3) is 0.200. The smallest absolute Gasteiger partial charge is 0.243 e. The number of aromatic nitrogens is 2. The first kappa shape index (κ1) is 18.1. The van der Waals surface area contributed by atoms with Gasteiger partial charge >= 0.3 is 6.18 Å². The van der Waals surface area contributed by atoms with Crippen molar-refractivity contribution in [1.82, 2.24) is 10.3 Å². The number of aryl methyl sites for hydroxylation is 2. The molecule has 1 aromatic heterocycles. The van der Waals surface area contributed by atoms with Crippen LogP contribution in [0.25, 0.3) is 22.2 Å². The lowest BCUT2D eigenvalue weighted by Crippen LogP contribution is -2.14. The zero-order chi connectivity index (χ0) is 19.5. The molecule has 0 fully saturated rings. The van der Waals surface area contributed by atoms with Gasteiger partial charge in [0.15, 0.2) is 23.3 Å². The molecule has 0 aliphatic carbocycles. The Morgan fingerprint density at radius 1 is 0.654 bits per heavy atom. The first-order valence-electron chi connectivity index (χ1n) is 6.82. The van der Waals surface area contributed by atoms with E-state index in [4.69, 9.17) is 0 Å². The number of hydrogen-bond acceptors (Lipinski definition) is 3. The minimum Gasteiger partial charge on any atom is -0.243 e. The van der Waals surface area contributed by atoms with E-state index in [1.54, 1.807) is 0 Å². The normalized spacial score (nSPS) is 12.2. The van der Waals surface area contributed by atoms with E-state index in [1.807, 2.05) is 0 Å². The van der Waals surface area contributed by atoms with Gasteiger partial charge in [0.1, 0.15) is 11.0 Å². The highest BCUT2D eigenvalue weighted by Crippen LogP contribution is 2.46. The molecule has 0 atom stereocenters. The number of halogens is 8. The largest absolute Gasteiger partial charge is 0.417 e. The van der Waals surface area contributed by atoms with Crippen LogP contribution in [0.15, 0.2) is 4.63 Å².